The van der Waals surface area contributed by atoms with Gasteiger partial charge in [0, 0.05) is 6.42 Å². The Kier molecular flexibility index (Phi) is 6.79. The van der Waals surface area contributed by atoms with Crippen LogP contribution in [0.25, 0.3) is 6.08 Å². The van der Waals surface area contributed by atoms with Crippen LogP contribution in [0.2, 0.25) is 0 Å². The number of ketones is 1. The molecule has 27 heavy (non-hydrogen) atoms. The number of ether oxygens (including phenoxy) is 2. The van der Waals surface area contributed by atoms with Gasteiger partial charge in [0.15, 0.2) is 17.3 Å². The highest BCUT2D eigenvalue weighted by atomic mass is 16.5. The van der Waals surface area contributed by atoms with Crippen molar-refractivity contribution in [1.82, 2.24) is 0 Å². The first-order chi connectivity index (χ1) is 12.8. The molecule has 4 heteroatoms. The van der Waals surface area contributed by atoms with E-state index in [1.165, 1.54) is 0 Å². The number of rotatable bonds is 7. The summed E-state index contributed by atoms with van der Waals surface area (Å²) in [5.41, 5.74) is 1.76. The van der Waals surface area contributed by atoms with Gasteiger partial charge in [-0.05, 0) is 34.8 Å². The van der Waals surface area contributed by atoms with E-state index in [0.717, 1.165) is 11.1 Å². The van der Waals surface area contributed by atoms with E-state index >= 15 is 0 Å². The second-order valence-electron chi connectivity index (χ2n) is 7.51. The number of allylic oxidation sites excluding steroid dienone is 1. The number of nitriles is 1. The summed E-state index contributed by atoms with van der Waals surface area (Å²) in [6.07, 6.45) is 1.92. The van der Waals surface area contributed by atoms with Crippen LogP contribution >= 0.6 is 0 Å². The molecule has 0 aliphatic rings. The van der Waals surface area contributed by atoms with Gasteiger partial charge in [-0.15, -0.1) is 0 Å². The number of Topliss-reactive ketones (excluding diaryl/α,β-unsaturated/α-hetero) is 1. The number of hydrogen-bond donors (Lipinski definition) is 0. The second kappa shape index (κ2) is 9.05. The van der Waals surface area contributed by atoms with Crippen LogP contribution in [0.15, 0.2) is 54.1 Å². The molecule has 0 spiro atoms. The van der Waals surface area contributed by atoms with Crippen molar-refractivity contribution in [2.24, 2.45) is 5.41 Å². The minimum absolute atomic E-state index is 0.143. The predicted octanol–water partition coefficient (Wildman–Crippen LogP) is 5.19. The first-order valence-electron chi connectivity index (χ1n) is 8.82. The van der Waals surface area contributed by atoms with E-state index in [1.807, 2.05) is 63.2 Å². The molecule has 0 bridgehead atoms. The lowest BCUT2D eigenvalue weighted by molar-refractivity contribution is -0.116. The van der Waals surface area contributed by atoms with E-state index in [0.29, 0.717) is 24.5 Å². The molecular formula is C23H25NO3. The van der Waals surface area contributed by atoms with E-state index in [-0.39, 0.29) is 16.8 Å². The Hall–Kier alpha value is -3.06. The van der Waals surface area contributed by atoms with Gasteiger partial charge in [0.1, 0.15) is 12.7 Å². The number of carbonyl (C=O) groups is 1. The van der Waals surface area contributed by atoms with Crippen LogP contribution in [0.5, 0.6) is 11.5 Å². The van der Waals surface area contributed by atoms with Crippen LogP contribution in [0.4, 0.5) is 0 Å². The minimum Gasteiger partial charge on any atom is -0.493 e. The number of nitrogens with zero attached hydrogens (tertiary/aromatic N) is 1. The molecular weight excluding hydrogens is 338 g/mol. The zero-order valence-electron chi connectivity index (χ0n) is 16.3. The molecule has 0 fully saturated rings. The molecule has 0 amide bonds. The lowest BCUT2D eigenvalue weighted by atomic mass is 9.87. The molecule has 0 unspecified atom stereocenters. The van der Waals surface area contributed by atoms with E-state index in [4.69, 9.17) is 9.47 Å². The van der Waals surface area contributed by atoms with Crippen molar-refractivity contribution in [1.29, 1.82) is 5.26 Å². The Morgan fingerprint density at radius 2 is 1.81 bits per heavy atom. The van der Waals surface area contributed by atoms with Crippen molar-refractivity contribution < 1.29 is 14.3 Å². The van der Waals surface area contributed by atoms with Gasteiger partial charge in [0.2, 0.25) is 0 Å². The SMILES string of the molecule is COc1cc(C=C(C#N)C(=O)CC(C)(C)C)ccc1OCc1ccccc1. The van der Waals surface area contributed by atoms with Gasteiger partial charge in [-0.25, -0.2) is 0 Å². The van der Waals surface area contributed by atoms with Gasteiger partial charge in [-0.3, -0.25) is 4.79 Å². The molecule has 140 valence electrons. The van der Waals surface area contributed by atoms with Crippen LogP contribution in [-0.4, -0.2) is 12.9 Å². The maximum atomic E-state index is 12.3. The van der Waals surface area contributed by atoms with E-state index < -0.39 is 0 Å². The number of hydrogen-bond acceptors (Lipinski definition) is 4. The van der Waals surface area contributed by atoms with Crippen molar-refractivity contribution in [3.63, 3.8) is 0 Å². The Morgan fingerprint density at radius 3 is 2.41 bits per heavy atom. The van der Waals surface area contributed by atoms with Gasteiger partial charge >= 0.3 is 0 Å². The predicted molar refractivity (Wildman–Crippen MR) is 106 cm³/mol. The third-order valence-corrected chi connectivity index (χ3v) is 3.85. The Bertz CT molecular complexity index is 855. The van der Waals surface area contributed by atoms with Gasteiger partial charge in [0.25, 0.3) is 0 Å². The lowest BCUT2D eigenvalue weighted by Gasteiger charge is -2.16. The topological polar surface area (TPSA) is 59.3 Å². The molecule has 0 radical (unpaired) electrons. The molecule has 2 aromatic rings. The molecule has 0 N–H and O–H groups in total. The summed E-state index contributed by atoms with van der Waals surface area (Å²) < 4.78 is 11.2. The molecule has 0 saturated heterocycles. The quantitative estimate of drug-likeness (QED) is 0.502. The molecule has 0 heterocycles. The first kappa shape index (κ1) is 20.3. The van der Waals surface area contributed by atoms with Gasteiger partial charge in [0.05, 0.1) is 12.7 Å². The Morgan fingerprint density at radius 1 is 1.11 bits per heavy atom. The summed E-state index contributed by atoms with van der Waals surface area (Å²) >= 11 is 0. The normalized spacial score (nSPS) is 11.6. The Labute approximate surface area is 161 Å². The van der Waals surface area contributed by atoms with Crippen LogP contribution in [0, 0.1) is 16.7 Å². The zero-order chi connectivity index (χ0) is 19.9. The fraction of sp³-hybridized carbons (Fsp3) is 0.304. The average molecular weight is 363 g/mol. The zero-order valence-corrected chi connectivity index (χ0v) is 16.3. The lowest BCUT2D eigenvalue weighted by Crippen LogP contribution is -2.14. The van der Waals surface area contributed by atoms with Crippen LogP contribution in [0.3, 0.4) is 0 Å². The summed E-state index contributed by atoms with van der Waals surface area (Å²) in [4.78, 5) is 12.3. The highest BCUT2D eigenvalue weighted by Crippen LogP contribution is 2.30. The van der Waals surface area contributed by atoms with Gasteiger partial charge in [-0.2, -0.15) is 5.26 Å². The van der Waals surface area contributed by atoms with Crippen LogP contribution < -0.4 is 9.47 Å². The number of carbonyl (C=O) groups excluding carboxylic acids is 1. The summed E-state index contributed by atoms with van der Waals surface area (Å²) in [7, 11) is 1.56. The van der Waals surface area contributed by atoms with E-state index in [9.17, 15) is 10.1 Å². The van der Waals surface area contributed by atoms with E-state index in [2.05, 4.69) is 0 Å². The molecule has 0 saturated carbocycles. The van der Waals surface area contributed by atoms with Crippen LogP contribution in [0.1, 0.15) is 38.3 Å². The van der Waals surface area contributed by atoms with Crippen molar-refractivity contribution in [2.45, 2.75) is 33.8 Å². The van der Waals surface area contributed by atoms with Gasteiger partial charge < -0.3 is 9.47 Å². The second-order valence-corrected chi connectivity index (χ2v) is 7.51. The molecule has 0 aromatic heterocycles. The summed E-state index contributed by atoms with van der Waals surface area (Å²) in [6.45, 7) is 6.35. The van der Waals surface area contributed by atoms with Crippen LogP contribution in [-0.2, 0) is 11.4 Å². The maximum Gasteiger partial charge on any atom is 0.173 e. The van der Waals surface area contributed by atoms with Crippen molar-refractivity contribution in [3.05, 3.63) is 65.2 Å². The molecule has 2 rings (SSSR count). The minimum atomic E-state index is -0.167. The van der Waals surface area contributed by atoms with Gasteiger partial charge in [-0.1, -0.05) is 57.2 Å². The average Bonchev–Trinajstić information content (AvgIpc) is 2.64. The molecule has 0 aliphatic carbocycles. The molecule has 0 atom stereocenters. The smallest absolute Gasteiger partial charge is 0.173 e. The molecule has 0 aliphatic heterocycles. The fourth-order valence-electron chi connectivity index (χ4n) is 2.55. The van der Waals surface area contributed by atoms with E-state index in [1.54, 1.807) is 25.3 Å². The standard InChI is InChI=1S/C23H25NO3/c1-23(2,3)14-20(25)19(15-24)12-18-10-11-21(22(13-18)26-4)27-16-17-8-6-5-7-9-17/h5-13H,14,16H2,1-4H3. The number of methoxy groups -OCH3 is 1. The Balaban J connectivity index is 2.19. The molecule has 4 nitrogen and oxygen atoms in total. The summed E-state index contributed by atoms with van der Waals surface area (Å²) in [6, 6.07) is 17.2. The summed E-state index contributed by atoms with van der Waals surface area (Å²) in [5.74, 6) is 1.01. The third-order valence-electron chi connectivity index (χ3n) is 3.85. The summed E-state index contributed by atoms with van der Waals surface area (Å²) in [5, 5.41) is 9.35. The highest BCUT2D eigenvalue weighted by molar-refractivity contribution is 6.03. The fourth-order valence-corrected chi connectivity index (χ4v) is 2.55. The van der Waals surface area contributed by atoms with Crippen molar-refractivity contribution >= 4 is 11.9 Å². The first-order valence-corrected chi connectivity index (χ1v) is 8.82. The molecule has 2 aromatic carbocycles. The van der Waals surface area contributed by atoms with Crippen molar-refractivity contribution in [3.8, 4) is 17.6 Å². The highest BCUT2D eigenvalue weighted by Gasteiger charge is 2.19. The maximum absolute atomic E-state index is 12.3. The van der Waals surface area contributed by atoms with Crippen molar-refractivity contribution in [2.75, 3.05) is 7.11 Å². The number of benzene rings is 2. The monoisotopic (exact) mass is 363 g/mol. The largest absolute Gasteiger partial charge is 0.493 e. The third kappa shape index (κ3) is 6.31.